The average molecular weight is 266 g/mol. The van der Waals surface area contributed by atoms with Crippen molar-refractivity contribution in [2.45, 2.75) is 43.7 Å². The van der Waals surface area contributed by atoms with Gasteiger partial charge in [0.25, 0.3) is 0 Å². The molecule has 0 aromatic heterocycles. The zero-order valence-corrected chi connectivity index (χ0v) is 12.1. The van der Waals surface area contributed by atoms with Crippen LogP contribution < -0.4 is 5.32 Å². The topological polar surface area (TPSA) is 15.3 Å². The molecule has 5 rings (SSSR count). The van der Waals surface area contributed by atoms with Gasteiger partial charge >= 0.3 is 0 Å². The quantitative estimate of drug-likeness (QED) is 0.726. The fourth-order valence-electron chi connectivity index (χ4n) is 5.75. The van der Waals surface area contributed by atoms with Crippen molar-refractivity contribution in [2.75, 3.05) is 18.4 Å². The molecule has 20 heavy (non-hydrogen) atoms. The number of hydrogen-bond acceptors (Lipinski definition) is 2. The Kier molecular flexibility index (Phi) is 2.09. The van der Waals surface area contributed by atoms with Crippen molar-refractivity contribution in [1.29, 1.82) is 0 Å². The maximum absolute atomic E-state index is 3.87. The van der Waals surface area contributed by atoms with Crippen LogP contribution in [0.5, 0.6) is 0 Å². The maximum Gasteiger partial charge on any atom is 0.0428 e. The minimum absolute atomic E-state index is 0.357. The van der Waals surface area contributed by atoms with Gasteiger partial charge in [0, 0.05) is 23.2 Å². The maximum atomic E-state index is 3.87. The Bertz CT molecular complexity index is 605. The summed E-state index contributed by atoms with van der Waals surface area (Å²) in [6.07, 6.45) is 6.46. The number of benzene rings is 1. The Morgan fingerprint density at radius 1 is 1.30 bits per heavy atom. The number of nitrogens with zero attached hydrogens (tertiary/aromatic N) is 1. The molecule has 0 amide bonds. The first-order valence-corrected chi connectivity index (χ1v) is 8.11. The second-order valence-electron chi connectivity index (χ2n) is 6.98. The predicted octanol–water partition coefficient (Wildman–Crippen LogP) is 3.16. The monoisotopic (exact) mass is 266 g/mol. The molecule has 1 aromatic carbocycles. The number of anilines is 1. The van der Waals surface area contributed by atoms with Gasteiger partial charge in [0.2, 0.25) is 0 Å². The number of hydrogen-bond donors (Lipinski definition) is 1. The third-order valence-corrected chi connectivity index (χ3v) is 6.45. The molecular formula is C18H22N2. The molecule has 4 atom stereocenters. The number of allylic oxidation sites excluding steroid dienone is 1. The van der Waals surface area contributed by atoms with E-state index in [-0.39, 0.29) is 0 Å². The lowest BCUT2D eigenvalue weighted by Gasteiger charge is -2.52. The first-order valence-electron chi connectivity index (χ1n) is 8.11. The third-order valence-electron chi connectivity index (χ3n) is 6.45. The molecule has 2 nitrogen and oxygen atoms in total. The Balaban J connectivity index is 1.76. The highest BCUT2D eigenvalue weighted by atomic mass is 15.2. The molecule has 1 N–H and O–H groups in total. The highest BCUT2D eigenvalue weighted by Crippen LogP contribution is 2.60. The van der Waals surface area contributed by atoms with Crippen molar-refractivity contribution in [2.24, 2.45) is 5.92 Å². The summed E-state index contributed by atoms with van der Waals surface area (Å²) < 4.78 is 0. The van der Waals surface area contributed by atoms with Crippen molar-refractivity contribution in [3.8, 4) is 0 Å². The van der Waals surface area contributed by atoms with E-state index < -0.39 is 0 Å². The normalized spacial score (nSPS) is 43.2. The summed E-state index contributed by atoms with van der Waals surface area (Å²) >= 11 is 0. The predicted molar refractivity (Wildman–Crippen MR) is 82.0 cm³/mol. The van der Waals surface area contributed by atoms with Crippen molar-refractivity contribution in [3.63, 3.8) is 0 Å². The zero-order valence-electron chi connectivity index (χ0n) is 12.1. The third kappa shape index (κ3) is 1.12. The van der Waals surface area contributed by atoms with Crippen molar-refractivity contribution >= 4 is 5.69 Å². The molecule has 1 aliphatic carbocycles. The van der Waals surface area contributed by atoms with E-state index in [0.29, 0.717) is 17.5 Å². The highest BCUT2D eigenvalue weighted by molar-refractivity contribution is 5.65. The molecule has 1 spiro atoms. The molecule has 104 valence electrons. The van der Waals surface area contributed by atoms with Gasteiger partial charge in [-0.2, -0.15) is 0 Å². The number of piperidine rings is 1. The van der Waals surface area contributed by atoms with Gasteiger partial charge in [-0.3, -0.25) is 4.90 Å². The van der Waals surface area contributed by atoms with Crippen LogP contribution in [0.4, 0.5) is 5.69 Å². The first kappa shape index (κ1) is 11.4. The van der Waals surface area contributed by atoms with Crippen LogP contribution >= 0.6 is 0 Å². The fourth-order valence-corrected chi connectivity index (χ4v) is 5.75. The molecule has 0 unspecified atom stereocenters. The minimum atomic E-state index is 0.357. The molecule has 2 bridgehead atoms. The molecule has 2 saturated heterocycles. The second kappa shape index (κ2) is 3.67. The SMILES string of the molecule is C/C=C1\[C@@H]2CCN3CC[C@]4(c5ccccc5N[C@@H]4C2)[C@@H]13. The van der Waals surface area contributed by atoms with E-state index in [4.69, 9.17) is 0 Å². The zero-order chi connectivity index (χ0) is 13.3. The lowest BCUT2D eigenvalue weighted by molar-refractivity contribution is 0.124. The van der Waals surface area contributed by atoms with E-state index in [1.54, 1.807) is 11.1 Å². The Morgan fingerprint density at radius 3 is 3.10 bits per heavy atom. The lowest BCUT2D eigenvalue weighted by Crippen LogP contribution is -2.58. The molecule has 3 aliphatic heterocycles. The average Bonchev–Trinajstić information content (AvgIpc) is 3.03. The van der Waals surface area contributed by atoms with E-state index in [9.17, 15) is 0 Å². The summed E-state index contributed by atoms with van der Waals surface area (Å²) in [7, 11) is 0. The smallest absolute Gasteiger partial charge is 0.0428 e. The second-order valence-corrected chi connectivity index (χ2v) is 6.98. The molecular weight excluding hydrogens is 244 g/mol. The standard InChI is InChI=1S/C18H22N2/c1-2-13-12-7-9-20-10-8-18(17(13)20)14-5-3-4-6-15(14)19-16(18)11-12/h2-6,12,16-17,19H,7-11H2,1H3/b13-2+/t12-,16-,17-,18-/m1/s1. The van der Waals surface area contributed by atoms with E-state index in [1.165, 1.54) is 38.0 Å². The summed E-state index contributed by atoms with van der Waals surface area (Å²) in [6.45, 7) is 4.84. The van der Waals surface area contributed by atoms with Crippen LogP contribution in [0.15, 0.2) is 35.9 Å². The summed E-state index contributed by atoms with van der Waals surface area (Å²) in [5.74, 6) is 0.819. The molecule has 0 radical (unpaired) electrons. The van der Waals surface area contributed by atoms with Gasteiger partial charge < -0.3 is 5.32 Å². The van der Waals surface area contributed by atoms with Gasteiger partial charge in [0.15, 0.2) is 0 Å². The van der Waals surface area contributed by atoms with Gasteiger partial charge in [0.1, 0.15) is 0 Å². The fraction of sp³-hybridized carbons (Fsp3) is 0.556. The van der Waals surface area contributed by atoms with E-state index in [1.807, 2.05) is 0 Å². The van der Waals surface area contributed by atoms with Crippen LogP contribution in [-0.2, 0) is 5.41 Å². The lowest BCUT2D eigenvalue weighted by atomic mass is 9.58. The van der Waals surface area contributed by atoms with E-state index in [2.05, 4.69) is 47.5 Å². The van der Waals surface area contributed by atoms with Crippen LogP contribution in [0.3, 0.4) is 0 Å². The Hall–Kier alpha value is -1.28. The van der Waals surface area contributed by atoms with Crippen molar-refractivity contribution < 1.29 is 0 Å². The largest absolute Gasteiger partial charge is 0.381 e. The van der Waals surface area contributed by atoms with Crippen LogP contribution in [0, 0.1) is 5.92 Å². The summed E-state index contributed by atoms with van der Waals surface area (Å²) in [5.41, 5.74) is 5.10. The van der Waals surface area contributed by atoms with Crippen LogP contribution in [-0.4, -0.2) is 30.1 Å². The van der Waals surface area contributed by atoms with Crippen LogP contribution in [0.1, 0.15) is 31.7 Å². The molecule has 1 aromatic rings. The molecule has 3 fully saturated rings. The van der Waals surface area contributed by atoms with Gasteiger partial charge in [0.05, 0.1) is 0 Å². The van der Waals surface area contributed by atoms with Gasteiger partial charge in [-0.15, -0.1) is 0 Å². The first-order chi connectivity index (χ1) is 9.84. The summed E-state index contributed by atoms with van der Waals surface area (Å²) in [6, 6.07) is 10.4. The molecule has 1 saturated carbocycles. The molecule has 3 heterocycles. The van der Waals surface area contributed by atoms with E-state index in [0.717, 1.165) is 5.92 Å². The number of para-hydroxylation sites is 1. The van der Waals surface area contributed by atoms with Crippen LogP contribution in [0.25, 0.3) is 0 Å². The van der Waals surface area contributed by atoms with Crippen LogP contribution in [0.2, 0.25) is 0 Å². The summed E-state index contributed by atoms with van der Waals surface area (Å²) in [4.78, 5) is 2.77. The molecule has 2 heteroatoms. The van der Waals surface area contributed by atoms with Crippen molar-refractivity contribution in [3.05, 3.63) is 41.5 Å². The van der Waals surface area contributed by atoms with E-state index >= 15 is 0 Å². The van der Waals surface area contributed by atoms with Crippen molar-refractivity contribution in [1.82, 2.24) is 4.90 Å². The van der Waals surface area contributed by atoms with Gasteiger partial charge in [-0.1, -0.05) is 29.8 Å². The number of nitrogens with one attached hydrogen (secondary N) is 1. The van der Waals surface area contributed by atoms with Gasteiger partial charge in [-0.05, 0) is 56.8 Å². The summed E-state index contributed by atoms with van der Waals surface area (Å²) in [5, 5.41) is 3.87. The molecule has 4 aliphatic rings. The highest BCUT2D eigenvalue weighted by Gasteiger charge is 2.62. The minimum Gasteiger partial charge on any atom is -0.381 e. The number of rotatable bonds is 0. The Labute approximate surface area is 120 Å². The Morgan fingerprint density at radius 2 is 2.20 bits per heavy atom. The van der Waals surface area contributed by atoms with Gasteiger partial charge in [-0.25, -0.2) is 0 Å². The number of fused-ring (bicyclic) bond motifs is 2.